The maximum absolute atomic E-state index is 12.3. The van der Waals surface area contributed by atoms with Crippen molar-refractivity contribution in [2.45, 2.75) is 13.3 Å². The number of benzene rings is 2. The number of nitrogens with zero attached hydrogens (tertiary/aromatic N) is 1. The standard InChI is InChI=1S/C21H22N2O5/c1-13-10-17(27-2)18(28-3)11-14(13)8-9-22-19(24)12-23-20(25)15-6-4-5-7-16(15)21(23)26/h4-7,10-11H,8-9,12H2,1-3H3,(H,22,24). The summed E-state index contributed by atoms with van der Waals surface area (Å²) in [5.41, 5.74) is 2.70. The molecule has 0 aliphatic carbocycles. The topological polar surface area (TPSA) is 84.9 Å². The van der Waals surface area contributed by atoms with Crippen LogP contribution < -0.4 is 14.8 Å². The summed E-state index contributed by atoms with van der Waals surface area (Å²) in [7, 11) is 3.15. The van der Waals surface area contributed by atoms with Crippen molar-refractivity contribution in [1.29, 1.82) is 0 Å². The number of nitrogens with one attached hydrogen (secondary N) is 1. The van der Waals surface area contributed by atoms with Crippen LogP contribution in [0.15, 0.2) is 36.4 Å². The summed E-state index contributed by atoms with van der Waals surface area (Å²) in [6, 6.07) is 10.3. The first-order chi connectivity index (χ1) is 13.5. The highest BCUT2D eigenvalue weighted by molar-refractivity contribution is 6.22. The highest BCUT2D eigenvalue weighted by Crippen LogP contribution is 2.30. The third-order valence-electron chi connectivity index (χ3n) is 4.74. The van der Waals surface area contributed by atoms with Gasteiger partial charge in [-0.15, -0.1) is 0 Å². The molecule has 0 atom stereocenters. The molecule has 0 saturated carbocycles. The number of amides is 3. The van der Waals surface area contributed by atoms with Crippen LogP contribution >= 0.6 is 0 Å². The van der Waals surface area contributed by atoms with Gasteiger partial charge in [-0.1, -0.05) is 12.1 Å². The largest absolute Gasteiger partial charge is 0.493 e. The molecule has 7 heteroatoms. The molecule has 0 bridgehead atoms. The number of imide groups is 1. The average Bonchev–Trinajstić information content (AvgIpc) is 2.94. The van der Waals surface area contributed by atoms with Gasteiger partial charge in [0.1, 0.15) is 6.54 Å². The van der Waals surface area contributed by atoms with Crippen molar-refractivity contribution < 1.29 is 23.9 Å². The summed E-state index contributed by atoms with van der Waals surface area (Å²) in [6.45, 7) is 2.04. The second-order valence-corrected chi connectivity index (χ2v) is 6.48. The van der Waals surface area contributed by atoms with Gasteiger partial charge >= 0.3 is 0 Å². The van der Waals surface area contributed by atoms with Crippen molar-refractivity contribution in [3.8, 4) is 11.5 Å². The fourth-order valence-electron chi connectivity index (χ4n) is 3.21. The van der Waals surface area contributed by atoms with Gasteiger partial charge in [-0.3, -0.25) is 19.3 Å². The van der Waals surface area contributed by atoms with Gasteiger partial charge in [0.2, 0.25) is 5.91 Å². The van der Waals surface area contributed by atoms with Gasteiger partial charge in [0.15, 0.2) is 11.5 Å². The van der Waals surface area contributed by atoms with Crippen molar-refractivity contribution in [2.75, 3.05) is 27.3 Å². The third kappa shape index (κ3) is 3.69. The zero-order valence-electron chi connectivity index (χ0n) is 16.1. The van der Waals surface area contributed by atoms with E-state index in [9.17, 15) is 14.4 Å². The summed E-state index contributed by atoms with van der Waals surface area (Å²) in [5.74, 6) is 0.0180. The second kappa shape index (κ2) is 8.12. The fourth-order valence-corrected chi connectivity index (χ4v) is 3.21. The molecule has 3 rings (SSSR count). The molecule has 1 aliphatic rings. The first-order valence-electron chi connectivity index (χ1n) is 8.89. The van der Waals surface area contributed by atoms with Crippen LogP contribution in [0.4, 0.5) is 0 Å². The van der Waals surface area contributed by atoms with Gasteiger partial charge in [-0.2, -0.15) is 0 Å². The molecule has 0 unspecified atom stereocenters. The molecule has 2 aromatic rings. The Bertz CT molecular complexity index is 903. The Morgan fingerprint density at radius 3 is 2.14 bits per heavy atom. The number of fused-ring (bicyclic) bond motifs is 1. The molecule has 0 fully saturated rings. The minimum absolute atomic E-state index is 0.294. The first-order valence-corrected chi connectivity index (χ1v) is 8.89. The molecular weight excluding hydrogens is 360 g/mol. The van der Waals surface area contributed by atoms with E-state index in [0.717, 1.165) is 16.0 Å². The minimum Gasteiger partial charge on any atom is -0.493 e. The summed E-state index contributed by atoms with van der Waals surface area (Å²) in [4.78, 5) is 37.8. The summed E-state index contributed by atoms with van der Waals surface area (Å²) < 4.78 is 10.6. The molecule has 7 nitrogen and oxygen atoms in total. The van der Waals surface area contributed by atoms with Gasteiger partial charge in [-0.25, -0.2) is 0 Å². The number of carbonyl (C=O) groups is 3. The van der Waals surface area contributed by atoms with Gasteiger partial charge < -0.3 is 14.8 Å². The lowest BCUT2D eigenvalue weighted by molar-refractivity contribution is -0.121. The second-order valence-electron chi connectivity index (χ2n) is 6.48. The summed E-state index contributed by atoms with van der Waals surface area (Å²) >= 11 is 0. The smallest absolute Gasteiger partial charge is 0.262 e. The van der Waals surface area contributed by atoms with Gasteiger partial charge in [0.25, 0.3) is 11.8 Å². The Morgan fingerprint density at radius 2 is 1.57 bits per heavy atom. The van der Waals surface area contributed by atoms with Crippen molar-refractivity contribution in [1.82, 2.24) is 10.2 Å². The molecule has 28 heavy (non-hydrogen) atoms. The number of aryl methyl sites for hydroxylation is 1. The number of carbonyl (C=O) groups excluding carboxylic acids is 3. The van der Waals surface area contributed by atoms with Crippen LogP contribution in [-0.2, 0) is 11.2 Å². The SMILES string of the molecule is COc1cc(C)c(CCNC(=O)CN2C(=O)c3ccccc3C2=O)cc1OC. The molecule has 1 heterocycles. The quantitative estimate of drug-likeness (QED) is 0.740. The van der Waals surface area contributed by atoms with Crippen LogP contribution in [-0.4, -0.2) is 49.9 Å². The Hall–Kier alpha value is -3.35. The number of methoxy groups -OCH3 is 2. The summed E-state index contributed by atoms with van der Waals surface area (Å²) in [6.07, 6.45) is 0.583. The lowest BCUT2D eigenvalue weighted by Crippen LogP contribution is -2.40. The van der Waals surface area contributed by atoms with Crippen LogP contribution in [0.25, 0.3) is 0 Å². The van der Waals surface area contributed by atoms with E-state index in [4.69, 9.17) is 9.47 Å². The van der Waals surface area contributed by atoms with Crippen molar-refractivity contribution >= 4 is 17.7 Å². The molecule has 0 saturated heterocycles. The van der Waals surface area contributed by atoms with Crippen molar-refractivity contribution in [3.63, 3.8) is 0 Å². The van der Waals surface area contributed by atoms with Crippen LogP contribution in [0.1, 0.15) is 31.8 Å². The maximum Gasteiger partial charge on any atom is 0.262 e. The first kappa shape index (κ1) is 19.4. The van der Waals surface area contributed by atoms with Crippen molar-refractivity contribution in [3.05, 3.63) is 58.7 Å². The van der Waals surface area contributed by atoms with Gasteiger partial charge in [0.05, 0.1) is 25.3 Å². The van der Waals surface area contributed by atoms with E-state index in [2.05, 4.69) is 5.32 Å². The minimum atomic E-state index is -0.438. The Balaban J connectivity index is 1.57. The van der Waals surface area contributed by atoms with E-state index in [1.165, 1.54) is 0 Å². The van der Waals surface area contributed by atoms with Gasteiger partial charge in [0, 0.05) is 6.54 Å². The molecule has 0 spiro atoms. The Kier molecular flexibility index (Phi) is 5.63. The third-order valence-corrected chi connectivity index (χ3v) is 4.74. The van der Waals surface area contributed by atoms with E-state index in [1.807, 2.05) is 19.1 Å². The fraction of sp³-hybridized carbons (Fsp3) is 0.286. The predicted molar refractivity (Wildman–Crippen MR) is 103 cm³/mol. The molecular formula is C21H22N2O5. The normalized spacial score (nSPS) is 12.8. The van der Waals surface area contributed by atoms with E-state index < -0.39 is 11.8 Å². The van der Waals surface area contributed by atoms with Crippen LogP contribution in [0.5, 0.6) is 11.5 Å². The van der Waals surface area contributed by atoms with E-state index in [0.29, 0.717) is 35.6 Å². The molecule has 3 amide bonds. The zero-order valence-corrected chi connectivity index (χ0v) is 16.1. The lowest BCUT2D eigenvalue weighted by Gasteiger charge is -2.15. The molecule has 1 aliphatic heterocycles. The average molecular weight is 382 g/mol. The zero-order chi connectivity index (χ0) is 20.3. The molecule has 0 radical (unpaired) electrons. The monoisotopic (exact) mass is 382 g/mol. The van der Waals surface area contributed by atoms with E-state index >= 15 is 0 Å². The van der Waals surface area contributed by atoms with E-state index in [-0.39, 0.29) is 12.5 Å². The lowest BCUT2D eigenvalue weighted by atomic mass is 10.0. The highest BCUT2D eigenvalue weighted by Gasteiger charge is 2.36. The van der Waals surface area contributed by atoms with Gasteiger partial charge in [-0.05, 0) is 48.7 Å². The number of rotatable bonds is 7. The molecule has 0 aromatic heterocycles. The number of ether oxygens (including phenoxy) is 2. The number of hydrogen-bond acceptors (Lipinski definition) is 5. The number of hydrogen-bond donors (Lipinski definition) is 1. The Morgan fingerprint density at radius 1 is 1.00 bits per heavy atom. The molecule has 2 aromatic carbocycles. The van der Waals surface area contributed by atoms with E-state index in [1.54, 1.807) is 38.5 Å². The van der Waals surface area contributed by atoms with Crippen LogP contribution in [0.2, 0.25) is 0 Å². The summed E-state index contributed by atoms with van der Waals surface area (Å²) in [5, 5.41) is 2.76. The Labute approximate surface area is 163 Å². The molecule has 146 valence electrons. The predicted octanol–water partition coefficient (Wildman–Crippen LogP) is 1.97. The van der Waals surface area contributed by atoms with Crippen LogP contribution in [0.3, 0.4) is 0 Å². The highest BCUT2D eigenvalue weighted by atomic mass is 16.5. The van der Waals surface area contributed by atoms with Crippen LogP contribution in [0, 0.1) is 6.92 Å². The van der Waals surface area contributed by atoms with Crippen molar-refractivity contribution in [2.24, 2.45) is 0 Å². The maximum atomic E-state index is 12.3. The molecule has 1 N–H and O–H groups in total.